The van der Waals surface area contributed by atoms with Crippen molar-refractivity contribution < 1.29 is 0 Å². The summed E-state index contributed by atoms with van der Waals surface area (Å²) in [6.45, 7) is 37.0. The van der Waals surface area contributed by atoms with Crippen molar-refractivity contribution in [1.82, 2.24) is 0 Å². The molecular weight excluding hydrogens is 457 g/mol. The van der Waals surface area contributed by atoms with Gasteiger partial charge < -0.3 is 0 Å². The standard InChI is InChI=1S/C24H50Si6/c1-25(2,3)27(7,8)21-15-17-23(19-21)29(11,12)30(13,14)24-18-16-22(20-24)28(9,10)26(4,5)6/h17-20H,15-16H2,1-14H3. The quantitative estimate of drug-likeness (QED) is 0.304. The summed E-state index contributed by atoms with van der Waals surface area (Å²) in [4.78, 5) is 0. The van der Waals surface area contributed by atoms with Crippen LogP contribution in [-0.2, 0) is 0 Å². The van der Waals surface area contributed by atoms with Crippen molar-refractivity contribution in [3.8, 4) is 0 Å². The molecule has 2 aliphatic carbocycles. The maximum atomic E-state index is 2.74. The fourth-order valence-electron chi connectivity index (χ4n) is 4.48. The lowest BCUT2D eigenvalue weighted by atomic mass is 10.5. The summed E-state index contributed by atoms with van der Waals surface area (Å²) in [6, 6.07) is 0. The third-order valence-corrected chi connectivity index (χ3v) is 63.8. The van der Waals surface area contributed by atoms with E-state index in [1.54, 1.807) is 10.4 Å². The molecule has 0 amide bonds. The van der Waals surface area contributed by atoms with Crippen LogP contribution in [0.1, 0.15) is 12.8 Å². The second-order valence-electron chi connectivity index (χ2n) is 14.1. The first-order chi connectivity index (χ1) is 13.2. The van der Waals surface area contributed by atoms with Crippen molar-refractivity contribution in [2.45, 2.75) is 104 Å². The van der Waals surface area contributed by atoms with E-state index in [9.17, 15) is 0 Å². The van der Waals surface area contributed by atoms with Gasteiger partial charge in [-0.15, -0.1) is 0 Å². The Kier molecular flexibility index (Phi) is 7.02. The minimum Gasteiger partial charge on any atom is -0.0819 e. The predicted octanol–water partition coefficient (Wildman–Crippen LogP) is 8.40. The molecule has 0 unspecified atom stereocenters. The Labute approximate surface area is 194 Å². The third kappa shape index (κ3) is 4.38. The second kappa shape index (κ2) is 7.94. The minimum absolute atomic E-state index is 1.11. The van der Waals surface area contributed by atoms with Gasteiger partial charge in [0, 0.05) is 15.2 Å². The summed E-state index contributed by atoms with van der Waals surface area (Å²) in [7, 11) is -7.76. The molecule has 0 atom stereocenters. The fraction of sp³-hybridized carbons (Fsp3) is 0.667. The Balaban J connectivity index is 2.37. The molecule has 2 aliphatic rings. The average molecular weight is 507 g/mol. The van der Waals surface area contributed by atoms with Crippen LogP contribution < -0.4 is 0 Å². The van der Waals surface area contributed by atoms with Crippen molar-refractivity contribution in [2.24, 2.45) is 0 Å². The van der Waals surface area contributed by atoms with Crippen LogP contribution in [0.4, 0.5) is 0 Å². The molecular formula is C24H50Si6. The number of hydrogen-bond acceptors (Lipinski definition) is 0. The molecule has 0 N–H and O–H groups in total. The van der Waals surface area contributed by atoms with Crippen molar-refractivity contribution in [3.05, 3.63) is 45.1 Å². The van der Waals surface area contributed by atoms with Crippen LogP contribution in [0.3, 0.4) is 0 Å². The van der Waals surface area contributed by atoms with Crippen LogP contribution in [0.25, 0.3) is 0 Å². The lowest BCUT2D eigenvalue weighted by Gasteiger charge is -2.41. The first kappa shape index (κ1) is 26.5. The maximum absolute atomic E-state index is 2.74. The molecule has 0 nitrogen and oxygen atoms in total. The van der Waals surface area contributed by atoms with Crippen molar-refractivity contribution in [1.29, 1.82) is 0 Å². The second-order valence-corrected chi connectivity index (χ2v) is 62.5. The van der Waals surface area contributed by atoms with Gasteiger partial charge in [0.1, 0.15) is 0 Å². The van der Waals surface area contributed by atoms with Gasteiger partial charge in [0.05, 0.1) is 30.4 Å². The van der Waals surface area contributed by atoms with Crippen LogP contribution in [0.15, 0.2) is 45.1 Å². The highest BCUT2D eigenvalue weighted by atomic mass is 29.3. The predicted molar refractivity (Wildman–Crippen MR) is 158 cm³/mol. The smallest absolute Gasteiger partial charge is 0.0787 e. The van der Waals surface area contributed by atoms with Crippen molar-refractivity contribution in [2.75, 3.05) is 0 Å². The molecule has 0 aromatic heterocycles. The minimum atomic E-state index is -1.50. The van der Waals surface area contributed by atoms with E-state index in [1.165, 1.54) is 12.8 Å². The van der Waals surface area contributed by atoms with Gasteiger partial charge >= 0.3 is 0 Å². The zero-order chi connectivity index (χ0) is 23.6. The monoisotopic (exact) mass is 506 g/mol. The average Bonchev–Trinajstić information content (AvgIpc) is 3.23. The molecule has 0 radical (unpaired) electrons. The summed E-state index contributed by atoms with van der Waals surface area (Å²) in [6.07, 6.45) is 13.3. The lowest BCUT2D eigenvalue weighted by molar-refractivity contribution is 1.36. The van der Waals surface area contributed by atoms with Gasteiger partial charge in [-0.25, -0.2) is 0 Å². The molecule has 0 saturated carbocycles. The van der Waals surface area contributed by atoms with E-state index >= 15 is 0 Å². The molecule has 0 saturated heterocycles. The normalized spacial score (nSPS) is 19.5. The highest BCUT2D eigenvalue weighted by molar-refractivity contribution is 7.47. The molecule has 170 valence electrons. The van der Waals surface area contributed by atoms with E-state index in [0.29, 0.717) is 0 Å². The van der Waals surface area contributed by atoms with Crippen LogP contribution in [0.2, 0.25) is 91.7 Å². The van der Waals surface area contributed by atoms with E-state index in [4.69, 9.17) is 0 Å². The Morgan fingerprint density at radius 3 is 0.933 bits per heavy atom. The molecule has 0 fully saturated rings. The SMILES string of the molecule is C[Si](C)(C)[Si](C)(C)C1=CC([Si](C)(C)[Si](C)(C)C2=CCC([Si](C)(C)[Si](C)(C)C)=C2)=CC1. The molecule has 6 heteroatoms. The summed E-state index contributed by atoms with van der Waals surface area (Å²) in [5, 5.41) is 7.28. The van der Waals surface area contributed by atoms with E-state index in [-0.39, 0.29) is 0 Å². The van der Waals surface area contributed by atoms with Gasteiger partial charge in [-0.05, 0) is 12.8 Å². The van der Waals surface area contributed by atoms with Crippen LogP contribution in [0.5, 0.6) is 0 Å². The highest BCUT2D eigenvalue weighted by Crippen LogP contribution is 2.43. The topological polar surface area (TPSA) is 0 Å². The zero-order valence-corrected chi connectivity index (χ0v) is 28.7. The fourth-order valence-corrected chi connectivity index (χ4v) is 24.9. The van der Waals surface area contributed by atoms with Gasteiger partial charge in [-0.3, -0.25) is 0 Å². The first-order valence-corrected chi connectivity index (χ1v) is 34.0. The highest BCUT2D eigenvalue weighted by Gasteiger charge is 2.49. The van der Waals surface area contributed by atoms with Gasteiger partial charge in [-0.2, -0.15) is 0 Å². The number of hydrogen-bond donors (Lipinski definition) is 0. The third-order valence-electron chi connectivity index (χ3n) is 10.1. The van der Waals surface area contributed by atoms with E-state index < -0.39 is 45.5 Å². The molecule has 0 aromatic rings. The van der Waals surface area contributed by atoms with Gasteiger partial charge in [-0.1, -0.05) is 137 Å². The van der Waals surface area contributed by atoms with Crippen molar-refractivity contribution >= 4 is 45.5 Å². The Morgan fingerprint density at radius 2 is 0.700 bits per heavy atom. The molecule has 0 aliphatic heterocycles. The Bertz CT molecular complexity index is 751. The summed E-state index contributed by atoms with van der Waals surface area (Å²) < 4.78 is 0. The molecule has 0 bridgehead atoms. The molecule has 0 heterocycles. The molecule has 0 spiro atoms. The van der Waals surface area contributed by atoms with Crippen LogP contribution >= 0.6 is 0 Å². The molecule has 30 heavy (non-hydrogen) atoms. The summed E-state index contributed by atoms with van der Waals surface area (Å²) in [5.41, 5.74) is 0. The van der Waals surface area contributed by atoms with E-state index in [0.717, 1.165) is 0 Å². The Morgan fingerprint density at radius 1 is 0.433 bits per heavy atom. The van der Waals surface area contributed by atoms with E-state index in [1.807, 2.05) is 10.4 Å². The van der Waals surface area contributed by atoms with Crippen LogP contribution in [-0.4, -0.2) is 45.5 Å². The first-order valence-electron chi connectivity index (χ1n) is 12.0. The number of rotatable bonds is 7. The van der Waals surface area contributed by atoms with Gasteiger partial charge in [0.25, 0.3) is 0 Å². The molecule has 2 rings (SSSR count). The Hall–Kier alpha value is 0.261. The zero-order valence-electron chi connectivity index (χ0n) is 22.7. The number of allylic oxidation sites excluding steroid dienone is 8. The van der Waals surface area contributed by atoms with Gasteiger partial charge in [0.15, 0.2) is 0 Å². The summed E-state index contributed by atoms with van der Waals surface area (Å²) >= 11 is 0. The van der Waals surface area contributed by atoms with E-state index in [2.05, 4.69) is 116 Å². The molecule has 0 aromatic carbocycles. The summed E-state index contributed by atoms with van der Waals surface area (Å²) in [5.74, 6) is 0. The van der Waals surface area contributed by atoms with Crippen LogP contribution in [0, 0.1) is 0 Å². The largest absolute Gasteiger partial charge is 0.0819 e. The maximum Gasteiger partial charge on any atom is 0.0787 e. The van der Waals surface area contributed by atoms with Crippen molar-refractivity contribution in [3.63, 3.8) is 0 Å². The lowest BCUT2D eigenvalue weighted by Crippen LogP contribution is -2.57. The van der Waals surface area contributed by atoms with Gasteiger partial charge in [0.2, 0.25) is 0 Å².